The minimum absolute atomic E-state index is 0.0948. The van der Waals surface area contributed by atoms with Crippen LogP contribution >= 0.6 is 0 Å². The summed E-state index contributed by atoms with van der Waals surface area (Å²) in [6.07, 6.45) is 7.69. The molecule has 3 aliphatic heterocycles. The van der Waals surface area contributed by atoms with Gasteiger partial charge in [-0.2, -0.15) is 0 Å². The molecule has 3 fully saturated rings. The lowest BCUT2D eigenvalue weighted by molar-refractivity contribution is -0.143. The predicted octanol–water partition coefficient (Wildman–Crippen LogP) is 1.96. The van der Waals surface area contributed by atoms with Crippen LogP contribution in [0.4, 0.5) is 0 Å². The summed E-state index contributed by atoms with van der Waals surface area (Å²) in [4.78, 5) is 28.8. The van der Waals surface area contributed by atoms with Crippen molar-refractivity contribution in [3.05, 3.63) is 0 Å². The Morgan fingerprint density at radius 2 is 1.52 bits per heavy atom. The number of carbonyl (C=O) groups is 2. The standard InChI is InChI=1S/C19H32N2O4/c1-15-14-20(18(22)8-6-16-4-2-12-24-16)10-11-21(15)19(23)9-7-17-5-3-13-25-17/h15-17H,2-14H2,1H3/t15-,16?,17?/m0/s1. The fourth-order valence-electron chi connectivity index (χ4n) is 4.17. The third-order valence-electron chi connectivity index (χ3n) is 5.71. The highest BCUT2D eigenvalue weighted by Gasteiger charge is 2.30. The molecule has 3 aliphatic rings. The average molecular weight is 352 g/mol. The lowest BCUT2D eigenvalue weighted by Crippen LogP contribution is -2.55. The highest BCUT2D eigenvalue weighted by atomic mass is 16.5. The third kappa shape index (κ3) is 5.17. The number of carbonyl (C=O) groups excluding carboxylic acids is 2. The van der Waals surface area contributed by atoms with Gasteiger partial charge in [0, 0.05) is 51.7 Å². The molecule has 142 valence electrons. The van der Waals surface area contributed by atoms with Crippen molar-refractivity contribution < 1.29 is 19.1 Å². The van der Waals surface area contributed by atoms with Gasteiger partial charge in [0.2, 0.25) is 11.8 Å². The molecule has 2 amide bonds. The Morgan fingerprint density at radius 1 is 0.920 bits per heavy atom. The second-order valence-electron chi connectivity index (χ2n) is 7.62. The van der Waals surface area contributed by atoms with Gasteiger partial charge in [-0.3, -0.25) is 9.59 Å². The van der Waals surface area contributed by atoms with E-state index in [0.29, 0.717) is 32.5 Å². The number of hydrogen-bond donors (Lipinski definition) is 0. The molecule has 3 rings (SSSR count). The van der Waals surface area contributed by atoms with Gasteiger partial charge in [0.15, 0.2) is 0 Å². The lowest BCUT2D eigenvalue weighted by Gasteiger charge is -2.40. The molecule has 25 heavy (non-hydrogen) atoms. The molecular weight excluding hydrogens is 320 g/mol. The summed E-state index contributed by atoms with van der Waals surface area (Å²) < 4.78 is 11.2. The van der Waals surface area contributed by atoms with Crippen molar-refractivity contribution in [1.82, 2.24) is 9.80 Å². The number of piperazine rings is 1. The summed E-state index contributed by atoms with van der Waals surface area (Å²) >= 11 is 0. The fraction of sp³-hybridized carbons (Fsp3) is 0.895. The van der Waals surface area contributed by atoms with Crippen molar-refractivity contribution in [2.75, 3.05) is 32.8 Å². The summed E-state index contributed by atoms with van der Waals surface area (Å²) in [6, 6.07) is 0.0948. The highest BCUT2D eigenvalue weighted by molar-refractivity contribution is 5.78. The van der Waals surface area contributed by atoms with Crippen molar-refractivity contribution in [3.8, 4) is 0 Å². The van der Waals surface area contributed by atoms with Gasteiger partial charge in [-0.05, 0) is 45.4 Å². The molecule has 0 aliphatic carbocycles. The van der Waals surface area contributed by atoms with Crippen molar-refractivity contribution >= 4 is 11.8 Å². The number of ether oxygens (including phenoxy) is 2. The van der Waals surface area contributed by atoms with Gasteiger partial charge in [0.1, 0.15) is 0 Å². The quantitative estimate of drug-likeness (QED) is 0.733. The van der Waals surface area contributed by atoms with Crippen molar-refractivity contribution in [3.63, 3.8) is 0 Å². The molecule has 0 aromatic carbocycles. The van der Waals surface area contributed by atoms with Crippen LogP contribution in [-0.4, -0.2) is 72.7 Å². The summed E-state index contributed by atoms with van der Waals surface area (Å²) in [5.41, 5.74) is 0. The molecule has 2 unspecified atom stereocenters. The van der Waals surface area contributed by atoms with E-state index >= 15 is 0 Å². The Hall–Kier alpha value is -1.14. The van der Waals surface area contributed by atoms with E-state index in [-0.39, 0.29) is 30.1 Å². The topological polar surface area (TPSA) is 59.1 Å². The van der Waals surface area contributed by atoms with Gasteiger partial charge in [-0.15, -0.1) is 0 Å². The number of hydrogen-bond acceptors (Lipinski definition) is 4. The van der Waals surface area contributed by atoms with E-state index < -0.39 is 0 Å². The molecule has 3 saturated heterocycles. The Balaban J connectivity index is 1.38. The first-order chi connectivity index (χ1) is 12.1. The van der Waals surface area contributed by atoms with Gasteiger partial charge in [-0.1, -0.05) is 0 Å². The summed E-state index contributed by atoms with van der Waals surface area (Å²) in [5, 5.41) is 0. The SMILES string of the molecule is C[C@H]1CN(C(=O)CCC2CCCO2)CCN1C(=O)CCC1CCCO1. The van der Waals surface area contributed by atoms with E-state index in [4.69, 9.17) is 9.47 Å². The van der Waals surface area contributed by atoms with E-state index in [9.17, 15) is 9.59 Å². The van der Waals surface area contributed by atoms with Gasteiger partial charge in [-0.25, -0.2) is 0 Å². The third-order valence-corrected chi connectivity index (χ3v) is 5.71. The second kappa shape index (κ2) is 8.99. The smallest absolute Gasteiger partial charge is 0.223 e. The first kappa shape index (κ1) is 18.6. The Morgan fingerprint density at radius 3 is 2.04 bits per heavy atom. The van der Waals surface area contributed by atoms with Gasteiger partial charge < -0.3 is 19.3 Å². The Kier molecular flexibility index (Phi) is 6.70. The Labute approximate surface area is 150 Å². The maximum Gasteiger partial charge on any atom is 0.223 e. The maximum atomic E-state index is 12.5. The zero-order valence-corrected chi connectivity index (χ0v) is 15.5. The first-order valence-electron chi connectivity index (χ1n) is 9.94. The Bertz CT molecular complexity index is 458. The summed E-state index contributed by atoms with van der Waals surface area (Å²) in [6.45, 7) is 5.67. The minimum Gasteiger partial charge on any atom is -0.378 e. The van der Waals surface area contributed by atoms with Crippen molar-refractivity contribution in [2.24, 2.45) is 0 Å². The number of rotatable bonds is 6. The molecular formula is C19H32N2O4. The van der Waals surface area contributed by atoms with Crippen LogP contribution in [0.2, 0.25) is 0 Å². The van der Waals surface area contributed by atoms with Gasteiger partial charge in [0.25, 0.3) is 0 Å². The van der Waals surface area contributed by atoms with Crippen LogP contribution in [0.25, 0.3) is 0 Å². The van der Waals surface area contributed by atoms with Crippen molar-refractivity contribution in [1.29, 1.82) is 0 Å². The normalized spacial score (nSPS) is 30.0. The van der Waals surface area contributed by atoms with Crippen LogP contribution in [0, 0.1) is 0 Å². The number of nitrogens with zero attached hydrogens (tertiary/aromatic N) is 2. The molecule has 0 spiro atoms. The highest BCUT2D eigenvalue weighted by Crippen LogP contribution is 2.20. The predicted molar refractivity (Wildman–Crippen MR) is 94.2 cm³/mol. The van der Waals surface area contributed by atoms with Crippen LogP contribution in [-0.2, 0) is 19.1 Å². The van der Waals surface area contributed by atoms with E-state index in [0.717, 1.165) is 51.7 Å². The molecule has 0 aromatic rings. The van der Waals surface area contributed by atoms with Crippen LogP contribution in [0.3, 0.4) is 0 Å². The molecule has 3 heterocycles. The average Bonchev–Trinajstić information content (AvgIpc) is 3.31. The molecule has 6 nitrogen and oxygen atoms in total. The molecule has 3 atom stereocenters. The maximum absolute atomic E-state index is 12.5. The van der Waals surface area contributed by atoms with Crippen LogP contribution < -0.4 is 0 Å². The van der Waals surface area contributed by atoms with Gasteiger partial charge in [0.05, 0.1) is 12.2 Å². The number of amides is 2. The summed E-state index contributed by atoms with van der Waals surface area (Å²) in [7, 11) is 0. The van der Waals surface area contributed by atoms with Crippen LogP contribution in [0.5, 0.6) is 0 Å². The zero-order valence-electron chi connectivity index (χ0n) is 15.5. The van der Waals surface area contributed by atoms with E-state index in [2.05, 4.69) is 0 Å². The molecule has 0 radical (unpaired) electrons. The summed E-state index contributed by atoms with van der Waals surface area (Å²) in [5.74, 6) is 0.406. The molecule has 0 aromatic heterocycles. The minimum atomic E-state index is 0.0948. The van der Waals surface area contributed by atoms with E-state index in [1.165, 1.54) is 0 Å². The largest absolute Gasteiger partial charge is 0.378 e. The van der Waals surface area contributed by atoms with Crippen LogP contribution in [0.1, 0.15) is 58.3 Å². The molecule has 0 bridgehead atoms. The monoisotopic (exact) mass is 352 g/mol. The van der Waals surface area contributed by atoms with Crippen LogP contribution in [0.15, 0.2) is 0 Å². The molecule has 0 N–H and O–H groups in total. The fourth-order valence-corrected chi connectivity index (χ4v) is 4.17. The van der Waals surface area contributed by atoms with Gasteiger partial charge >= 0.3 is 0 Å². The molecule has 6 heteroatoms. The first-order valence-corrected chi connectivity index (χ1v) is 9.94. The van der Waals surface area contributed by atoms with E-state index in [1.807, 2.05) is 16.7 Å². The zero-order chi connectivity index (χ0) is 17.6. The lowest BCUT2D eigenvalue weighted by atomic mass is 10.1. The molecule has 0 saturated carbocycles. The second-order valence-corrected chi connectivity index (χ2v) is 7.62. The van der Waals surface area contributed by atoms with E-state index in [1.54, 1.807) is 0 Å². The van der Waals surface area contributed by atoms with Crippen molar-refractivity contribution in [2.45, 2.75) is 76.5 Å².